The molecule has 2 rings (SSSR count). The summed E-state index contributed by atoms with van der Waals surface area (Å²) in [5.41, 5.74) is 0.914. The average molecular weight is 247 g/mol. The van der Waals surface area contributed by atoms with Crippen LogP contribution in [0.1, 0.15) is 25.8 Å². The lowest BCUT2D eigenvalue weighted by Crippen LogP contribution is -2.29. The Labute approximate surface area is 106 Å². The predicted octanol–water partition coefficient (Wildman–Crippen LogP) is 1.41. The van der Waals surface area contributed by atoms with E-state index in [1.807, 2.05) is 19.1 Å². The van der Waals surface area contributed by atoms with Gasteiger partial charge in [0.1, 0.15) is 5.82 Å². The fourth-order valence-electron chi connectivity index (χ4n) is 2.05. The Hall–Kier alpha value is -1.91. The Kier molecular flexibility index (Phi) is 3.60. The third kappa shape index (κ3) is 2.50. The molecular formula is C13H17N3O2. The summed E-state index contributed by atoms with van der Waals surface area (Å²) < 4.78 is 0. The van der Waals surface area contributed by atoms with Crippen molar-refractivity contribution < 1.29 is 9.59 Å². The molecule has 1 atom stereocenters. The molecule has 18 heavy (non-hydrogen) atoms. The van der Waals surface area contributed by atoms with Crippen LogP contribution in [0.25, 0.3) is 0 Å². The number of nitrogens with zero attached hydrogens (tertiary/aromatic N) is 2. The van der Waals surface area contributed by atoms with Crippen LogP contribution in [0.5, 0.6) is 0 Å². The van der Waals surface area contributed by atoms with Crippen LogP contribution in [-0.2, 0) is 16.1 Å². The summed E-state index contributed by atoms with van der Waals surface area (Å²) in [5, 5.41) is 3.10. The number of carbonyl (C=O) groups is 2. The number of hydrogen-bond acceptors (Lipinski definition) is 4. The van der Waals surface area contributed by atoms with Crippen LogP contribution < -0.4 is 5.32 Å². The number of rotatable bonds is 4. The summed E-state index contributed by atoms with van der Waals surface area (Å²) >= 11 is 0. The van der Waals surface area contributed by atoms with Crippen molar-refractivity contribution in [3.05, 3.63) is 23.9 Å². The first-order valence-electron chi connectivity index (χ1n) is 6.14. The molecule has 1 saturated heterocycles. The highest BCUT2D eigenvalue weighted by Gasteiger charge is 2.35. The Morgan fingerprint density at radius 1 is 1.50 bits per heavy atom. The lowest BCUT2D eigenvalue weighted by atomic mass is 10.1. The highest BCUT2D eigenvalue weighted by Crippen LogP contribution is 2.21. The van der Waals surface area contributed by atoms with E-state index >= 15 is 0 Å². The molecular weight excluding hydrogens is 230 g/mol. The van der Waals surface area contributed by atoms with Gasteiger partial charge in [0.2, 0.25) is 11.8 Å². The van der Waals surface area contributed by atoms with Crippen LogP contribution in [0, 0.1) is 5.92 Å². The van der Waals surface area contributed by atoms with Crippen LogP contribution in [0.3, 0.4) is 0 Å². The quantitative estimate of drug-likeness (QED) is 0.817. The van der Waals surface area contributed by atoms with Gasteiger partial charge in [-0.25, -0.2) is 4.98 Å². The number of anilines is 1. The zero-order valence-electron chi connectivity index (χ0n) is 10.6. The average Bonchev–Trinajstić information content (AvgIpc) is 2.57. The van der Waals surface area contributed by atoms with Crippen molar-refractivity contribution in [3.63, 3.8) is 0 Å². The molecule has 0 bridgehead atoms. The molecule has 5 heteroatoms. The third-order valence-electron chi connectivity index (χ3n) is 2.99. The molecule has 96 valence electrons. The van der Waals surface area contributed by atoms with Gasteiger partial charge in [-0.2, -0.15) is 0 Å². The van der Waals surface area contributed by atoms with Gasteiger partial charge in [-0.1, -0.05) is 6.92 Å². The molecule has 2 heterocycles. The summed E-state index contributed by atoms with van der Waals surface area (Å²) in [4.78, 5) is 29.0. The molecule has 1 aliphatic heterocycles. The zero-order valence-corrected chi connectivity index (χ0v) is 10.6. The lowest BCUT2D eigenvalue weighted by molar-refractivity contribution is -0.139. The van der Waals surface area contributed by atoms with Crippen molar-refractivity contribution in [1.29, 1.82) is 0 Å². The molecule has 1 fully saturated rings. The maximum Gasteiger partial charge on any atom is 0.232 e. The number of amides is 2. The van der Waals surface area contributed by atoms with Gasteiger partial charge in [-0.3, -0.25) is 14.5 Å². The first-order chi connectivity index (χ1) is 8.61. The number of hydrogen-bond donors (Lipinski definition) is 1. The molecule has 1 N–H and O–H groups in total. The minimum Gasteiger partial charge on any atom is -0.370 e. The largest absolute Gasteiger partial charge is 0.370 e. The molecule has 0 aromatic carbocycles. The van der Waals surface area contributed by atoms with Crippen LogP contribution in [0.4, 0.5) is 5.82 Å². The van der Waals surface area contributed by atoms with Crippen molar-refractivity contribution in [2.75, 3.05) is 11.9 Å². The summed E-state index contributed by atoms with van der Waals surface area (Å²) in [7, 11) is 0. The van der Waals surface area contributed by atoms with E-state index in [4.69, 9.17) is 0 Å². The van der Waals surface area contributed by atoms with Gasteiger partial charge < -0.3 is 5.32 Å². The predicted molar refractivity (Wildman–Crippen MR) is 67.7 cm³/mol. The van der Waals surface area contributed by atoms with Crippen LogP contribution in [0.2, 0.25) is 0 Å². The van der Waals surface area contributed by atoms with E-state index in [-0.39, 0.29) is 17.7 Å². The fraction of sp³-hybridized carbons (Fsp3) is 0.462. The summed E-state index contributed by atoms with van der Waals surface area (Å²) in [6.45, 7) is 4.90. The van der Waals surface area contributed by atoms with E-state index in [0.717, 1.165) is 17.9 Å². The Morgan fingerprint density at radius 2 is 2.28 bits per heavy atom. The molecule has 0 spiro atoms. The van der Waals surface area contributed by atoms with E-state index in [0.29, 0.717) is 13.0 Å². The number of aromatic nitrogens is 1. The number of nitrogens with one attached hydrogen (secondary N) is 1. The van der Waals surface area contributed by atoms with Gasteiger partial charge in [-0.05, 0) is 24.6 Å². The Morgan fingerprint density at radius 3 is 2.89 bits per heavy atom. The molecule has 2 amide bonds. The maximum absolute atomic E-state index is 11.8. The van der Waals surface area contributed by atoms with Gasteiger partial charge in [0.25, 0.3) is 0 Å². The standard InChI is InChI=1S/C13H17N3O2/c1-3-14-11-7-10(4-5-15-11)8-16-12(17)6-9(2)13(16)18/h4-5,7,9H,3,6,8H2,1-2H3,(H,14,15). The molecule has 1 unspecified atom stereocenters. The monoisotopic (exact) mass is 247 g/mol. The van der Waals surface area contributed by atoms with Gasteiger partial charge in [0.15, 0.2) is 0 Å². The van der Waals surface area contributed by atoms with Crippen LogP contribution in [-0.4, -0.2) is 28.2 Å². The number of pyridine rings is 1. The lowest BCUT2D eigenvalue weighted by Gasteiger charge is -2.14. The molecule has 1 aliphatic rings. The highest BCUT2D eigenvalue weighted by atomic mass is 16.2. The molecule has 1 aromatic rings. The Balaban J connectivity index is 2.11. The molecule has 0 aliphatic carbocycles. The van der Waals surface area contributed by atoms with Gasteiger partial charge in [-0.15, -0.1) is 0 Å². The number of imide groups is 1. The second-order valence-corrected chi connectivity index (χ2v) is 4.50. The number of carbonyl (C=O) groups excluding carboxylic acids is 2. The summed E-state index contributed by atoms with van der Waals surface area (Å²) in [6.07, 6.45) is 2.01. The van der Waals surface area contributed by atoms with E-state index < -0.39 is 0 Å². The fourth-order valence-corrected chi connectivity index (χ4v) is 2.05. The second-order valence-electron chi connectivity index (χ2n) is 4.50. The minimum absolute atomic E-state index is 0.0817. The van der Waals surface area contributed by atoms with Crippen LogP contribution in [0.15, 0.2) is 18.3 Å². The van der Waals surface area contributed by atoms with E-state index in [1.54, 1.807) is 13.1 Å². The molecule has 0 radical (unpaired) electrons. The van der Waals surface area contributed by atoms with Crippen molar-refractivity contribution >= 4 is 17.6 Å². The van der Waals surface area contributed by atoms with Crippen LogP contribution >= 0.6 is 0 Å². The first-order valence-corrected chi connectivity index (χ1v) is 6.14. The van der Waals surface area contributed by atoms with Gasteiger partial charge in [0, 0.05) is 25.1 Å². The maximum atomic E-state index is 11.8. The van der Waals surface area contributed by atoms with E-state index in [9.17, 15) is 9.59 Å². The van der Waals surface area contributed by atoms with Crippen molar-refractivity contribution in [2.24, 2.45) is 5.92 Å². The SMILES string of the molecule is CCNc1cc(CN2C(=O)CC(C)C2=O)ccn1. The smallest absolute Gasteiger partial charge is 0.232 e. The van der Waals surface area contributed by atoms with E-state index in [1.165, 1.54) is 4.90 Å². The summed E-state index contributed by atoms with van der Waals surface area (Å²) in [6, 6.07) is 3.69. The molecule has 0 saturated carbocycles. The van der Waals surface area contributed by atoms with E-state index in [2.05, 4.69) is 10.3 Å². The molecule has 5 nitrogen and oxygen atoms in total. The third-order valence-corrected chi connectivity index (χ3v) is 2.99. The first kappa shape index (κ1) is 12.5. The van der Waals surface area contributed by atoms with Crippen molar-refractivity contribution in [3.8, 4) is 0 Å². The minimum atomic E-state index is -0.187. The normalized spacial score (nSPS) is 19.4. The van der Waals surface area contributed by atoms with Crippen molar-refractivity contribution in [2.45, 2.75) is 26.8 Å². The van der Waals surface area contributed by atoms with Crippen molar-refractivity contribution in [1.82, 2.24) is 9.88 Å². The second kappa shape index (κ2) is 5.16. The highest BCUT2D eigenvalue weighted by molar-refractivity contribution is 6.03. The summed E-state index contributed by atoms with van der Waals surface area (Å²) in [5.74, 6) is 0.408. The number of likely N-dealkylation sites (tertiary alicyclic amines) is 1. The zero-order chi connectivity index (χ0) is 13.1. The topological polar surface area (TPSA) is 62.3 Å². The van der Waals surface area contributed by atoms with Gasteiger partial charge >= 0.3 is 0 Å². The Bertz CT molecular complexity index is 473. The van der Waals surface area contributed by atoms with Gasteiger partial charge in [0.05, 0.1) is 6.54 Å². The molecule has 1 aromatic heterocycles.